The summed E-state index contributed by atoms with van der Waals surface area (Å²) in [6.45, 7) is 7.58. The summed E-state index contributed by atoms with van der Waals surface area (Å²) in [5.41, 5.74) is 1.47. The molecule has 0 unspecified atom stereocenters. The predicted octanol–water partition coefficient (Wildman–Crippen LogP) is 2.68. The van der Waals surface area contributed by atoms with Crippen LogP contribution in [0.1, 0.15) is 25.1 Å². The summed E-state index contributed by atoms with van der Waals surface area (Å²) in [5.74, 6) is 0. The number of hydrogen-bond acceptors (Lipinski definition) is 1. The van der Waals surface area contributed by atoms with E-state index in [1.165, 1.54) is 0 Å². The topological polar surface area (TPSA) is 22.0 Å². The highest BCUT2D eigenvalue weighted by atomic mass is 35.5. The van der Waals surface area contributed by atoms with Crippen LogP contribution >= 0.6 is 11.6 Å². The lowest BCUT2D eigenvalue weighted by molar-refractivity contribution is 0.809. The summed E-state index contributed by atoms with van der Waals surface area (Å²) >= 11 is 5.78. The SMILES string of the molecule is CC.Cc1c(Cl)cc(C)n(C)c1=O. The molecule has 0 amide bonds. The number of aromatic nitrogens is 1. The quantitative estimate of drug-likeness (QED) is 0.633. The van der Waals surface area contributed by atoms with E-state index in [1.54, 1.807) is 24.6 Å². The Balaban J connectivity index is 0.000000671. The molecule has 0 aliphatic rings. The normalized spacial score (nSPS) is 9.08. The molecule has 0 aromatic carbocycles. The Morgan fingerprint density at radius 3 is 2.23 bits per heavy atom. The molecule has 0 fully saturated rings. The van der Waals surface area contributed by atoms with Crippen LogP contribution in [0.5, 0.6) is 0 Å². The van der Waals surface area contributed by atoms with E-state index in [0.717, 1.165) is 5.69 Å². The Morgan fingerprint density at radius 1 is 1.31 bits per heavy atom. The van der Waals surface area contributed by atoms with Crippen molar-refractivity contribution in [2.45, 2.75) is 27.7 Å². The third-order valence-corrected chi connectivity index (χ3v) is 2.24. The van der Waals surface area contributed by atoms with E-state index in [0.29, 0.717) is 10.6 Å². The van der Waals surface area contributed by atoms with Crippen molar-refractivity contribution in [1.82, 2.24) is 4.57 Å². The van der Waals surface area contributed by atoms with Gasteiger partial charge in [0, 0.05) is 18.3 Å². The summed E-state index contributed by atoms with van der Waals surface area (Å²) in [6.07, 6.45) is 0. The average molecular weight is 202 g/mol. The molecule has 1 rings (SSSR count). The molecular formula is C10H16ClNO. The van der Waals surface area contributed by atoms with E-state index in [-0.39, 0.29) is 5.56 Å². The van der Waals surface area contributed by atoms with E-state index in [2.05, 4.69) is 0 Å². The molecular weight excluding hydrogens is 186 g/mol. The van der Waals surface area contributed by atoms with Gasteiger partial charge in [0.15, 0.2) is 0 Å². The van der Waals surface area contributed by atoms with Gasteiger partial charge in [-0.2, -0.15) is 0 Å². The number of halogens is 1. The van der Waals surface area contributed by atoms with Crippen LogP contribution in [0, 0.1) is 13.8 Å². The van der Waals surface area contributed by atoms with Gasteiger partial charge in [0.1, 0.15) is 0 Å². The monoisotopic (exact) mass is 201 g/mol. The van der Waals surface area contributed by atoms with Gasteiger partial charge in [-0.1, -0.05) is 25.4 Å². The summed E-state index contributed by atoms with van der Waals surface area (Å²) in [6, 6.07) is 1.79. The van der Waals surface area contributed by atoms with E-state index < -0.39 is 0 Å². The molecule has 2 nitrogen and oxygen atoms in total. The zero-order valence-corrected chi connectivity index (χ0v) is 9.57. The van der Waals surface area contributed by atoms with Crippen molar-refractivity contribution in [1.29, 1.82) is 0 Å². The maximum atomic E-state index is 11.3. The highest BCUT2D eigenvalue weighted by molar-refractivity contribution is 6.31. The third-order valence-electron chi connectivity index (χ3n) is 1.85. The molecule has 0 saturated carbocycles. The Morgan fingerprint density at radius 2 is 1.77 bits per heavy atom. The van der Waals surface area contributed by atoms with Crippen LogP contribution < -0.4 is 5.56 Å². The smallest absolute Gasteiger partial charge is 0.254 e. The minimum atomic E-state index is -0.0185. The molecule has 0 spiro atoms. The van der Waals surface area contributed by atoms with Crippen molar-refractivity contribution >= 4 is 11.6 Å². The summed E-state index contributed by atoms with van der Waals surface area (Å²) in [5, 5.41) is 0.547. The van der Waals surface area contributed by atoms with E-state index in [9.17, 15) is 4.79 Å². The van der Waals surface area contributed by atoms with Crippen LogP contribution in [-0.4, -0.2) is 4.57 Å². The molecule has 0 aliphatic carbocycles. The lowest BCUT2D eigenvalue weighted by Crippen LogP contribution is -2.21. The van der Waals surface area contributed by atoms with Gasteiger partial charge in [-0.05, 0) is 19.9 Å². The van der Waals surface area contributed by atoms with Crippen LogP contribution in [0.2, 0.25) is 5.02 Å². The first-order valence-corrected chi connectivity index (χ1v) is 4.74. The van der Waals surface area contributed by atoms with Crippen LogP contribution in [0.4, 0.5) is 0 Å². The Bertz CT molecular complexity index is 312. The fourth-order valence-electron chi connectivity index (χ4n) is 0.902. The van der Waals surface area contributed by atoms with Crippen molar-refractivity contribution in [3.05, 3.63) is 32.7 Å². The zero-order valence-electron chi connectivity index (χ0n) is 8.81. The van der Waals surface area contributed by atoms with Crippen molar-refractivity contribution < 1.29 is 0 Å². The van der Waals surface area contributed by atoms with Crippen molar-refractivity contribution in [3.8, 4) is 0 Å². The molecule has 1 aromatic heterocycles. The Kier molecular flexibility index (Phi) is 4.78. The van der Waals surface area contributed by atoms with E-state index >= 15 is 0 Å². The van der Waals surface area contributed by atoms with Gasteiger partial charge in [0.05, 0.1) is 5.02 Å². The van der Waals surface area contributed by atoms with Gasteiger partial charge in [-0.15, -0.1) is 0 Å². The predicted molar refractivity (Wildman–Crippen MR) is 57.5 cm³/mol. The third kappa shape index (κ3) is 2.59. The second kappa shape index (κ2) is 5.07. The van der Waals surface area contributed by atoms with Crippen molar-refractivity contribution in [2.75, 3.05) is 0 Å². The second-order valence-electron chi connectivity index (χ2n) is 2.62. The molecule has 0 saturated heterocycles. The molecule has 0 radical (unpaired) electrons. The van der Waals surface area contributed by atoms with Crippen molar-refractivity contribution in [3.63, 3.8) is 0 Å². The standard InChI is InChI=1S/C8H10ClNO.C2H6/c1-5-4-7(9)6(2)8(11)10(5)3;1-2/h4H,1-3H3;1-2H3. The minimum Gasteiger partial charge on any atom is -0.316 e. The van der Waals surface area contributed by atoms with Crippen LogP contribution in [-0.2, 0) is 7.05 Å². The molecule has 74 valence electrons. The second-order valence-corrected chi connectivity index (χ2v) is 3.03. The highest BCUT2D eigenvalue weighted by Gasteiger charge is 2.03. The molecule has 0 N–H and O–H groups in total. The number of aryl methyl sites for hydroxylation is 1. The van der Waals surface area contributed by atoms with E-state index in [4.69, 9.17) is 11.6 Å². The highest BCUT2D eigenvalue weighted by Crippen LogP contribution is 2.11. The van der Waals surface area contributed by atoms with Crippen LogP contribution in [0.25, 0.3) is 0 Å². The van der Waals surface area contributed by atoms with Gasteiger partial charge in [0.25, 0.3) is 5.56 Å². The number of rotatable bonds is 0. The Labute approximate surface area is 84.2 Å². The molecule has 3 heteroatoms. The molecule has 0 atom stereocenters. The van der Waals surface area contributed by atoms with Gasteiger partial charge in [0.2, 0.25) is 0 Å². The molecule has 0 bridgehead atoms. The lowest BCUT2D eigenvalue weighted by atomic mass is 10.2. The summed E-state index contributed by atoms with van der Waals surface area (Å²) in [7, 11) is 1.74. The summed E-state index contributed by atoms with van der Waals surface area (Å²) in [4.78, 5) is 11.3. The van der Waals surface area contributed by atoms with Gasteiger partial charge in [-0.3, -0.25) is 4.79 Å². The first-order valence-electron chi connectivity index (χ1n) is 4.36. The Hall–Kier alpha value is -0.760. The molecule has 13 heavy (non-hydrogen) atoms. The molecule has 0 aliphatic heterocycles. The minimum absolute atomic E-state index is 0.0185. The van der Waals surface area contributed by atoms with Crippen molar-refractivity contribution in [2.24, 2.45) is 7.05 Å². The van der Waals surface area contributed by atoms with Gasteiger partial charge < -0.3 is 4.57 Å². The average Bonchev–Trinajstić information content (AvgIpc) is 2.15. The summed E-state index contributed by atoms with van der Waals surface area (Å²) < 4.78 is 1.58. The largest absolute Gasteiger partial charge is 0.316 e. The fraction of sp³-hybridized carbons (Fsp3) is 0.500. The van der Waals surface area contributed by atoms with Gasteiger partial charge >= 0.3 is 0 Å². The van der Waals surface area contributed by atoms with Crippen LogP contribution in [0.15, 0.2) is 10.9 Å². The number of pyridine rings is 1. The van der Waals surface area contributed by atoms with E-state index in [1.807, 2.05) is 20.8 Å². The number of hydrogen-bond donors (Lipinski definition) is 0. The molecule has 1 aromatic rings. The van der Waals surface area contributed by atoms with Crippen LogP contribution in [0.3, 0.4) is 0 Å². The number of nitrogens with zero attached hydrogens (tertiary/aromatic N) is 1. The first-order chi connectivity index (χ1) is 6.04. The lowest BCUT2D eigenvalue weighted by Gasteiger charge is -2.05. The maximum Gasteiger partial charge on any atom is 0.254 e. The maximum absolute atomic E-state index is 11.3. The fourth-order valence-corrected chi connectivity index (χ4v) is 1.14. The first kappa shape index (κ1) is 12.2. The molecule has 1 heterocycles. The zero-order chi connectivity index (χ0) is 10.6. The van der Waals surface area contributed by atoms with Gasteiger partial charge in [-0.25, -0.2) is 0 Å².